The molecule has 0 bridgehead atoms. The Balaban J connectivity index is 1.93. The van der Waals surface area contributed by atoms with Gasteiger partial charge in [0.05, 0.1) is 11.6 Å². The van der Waals surface area contributed by atoms with E-state index in [9.17, 15) is 0 Å². The lowest BCUT2D eigenvalue weighted by Gasteiger charge is -2.36. The molecule has 2 rings (SSSR count). The second-order valence-corrected chi connectivity index (χ2v) is 11.6. The minimum absolute atomic E-state index is 0.243. The predicted molar refractivity (Wildman–Crippen MR) is 87.5 cm³/mol. The van der Waals surface area contributed by atoms with Gasteiger partial charge in [0.25, 0.3) is 0 Å². The number of nitrogens with two attached hydrogens (primary N) is 1. The summed E-state index contributed by atoms with van der Waals surface area (Å²) in [5.41, 5.74) is 6.59. The van der Waals surface area contributed by atoms with E-state index in [1.807, 2.05) is 4.68 Å². The van der Waals surface area contributed by atoms with E-state index in [2.05, 4.69) is 48.9 Å². The highest BCUT2D eigenvalue weighted by atomic mass is 28.4. The molecule has 0 aliphatic heterocycles. The number of hydrogen-bond acceptors (Lipinski definition) is 5. The van der Waals surface area contributed by atoms with Crippen LogP contribution in [0.2, 0.25) is 18.1 Å². The Hall–Kier alpha value is -1.47. The quantitative estimate of drug-likeness (QED) is 0.679. The summed E-state index contributed by atoms with van der Waals surface area (Å²) in [6, 6.07) is 0. The van der Waals surface area contributed by atoms with E-state index in [-0.39, 0.29) is 5.04 Å². The minimum atomic E-state index is -1.66. The Morgan fingerprint density at radius 1 is 1.29 bits per heavy atom. The molecular formula is C14H25N5OSi. The van der Waals surface area contributed by atoms with Crippen LogP contribution in [-0.4, -0.2) is 34.7 Å². The van der Waals surface area contributed by atoms with Crippen molar-refractivity contribution in [3.05, 3.63) is 12.5 Å². The van der Waals surface area contributed by atoms with Gasteiger partial charge in [-0.3, -0.25) is 0 Å². The van der Waals surface area contributed by atoms with Crippen LogP contribution in [0.15, 0.2) is 12.5 Å². The number of aromatic nitrogens is 4. The van der Waals surface area contributed by atoms with Gasteiger partial charge in [-0.05, 0) is 24.6 Å². The third-order valence-electron chi connectivity index (χ3n) is 4.25. The van der Waals surface area contributed by atoms with Gasteiger partial charge in [0.2, 0.25) is 0 Å². The first-order chi connectivity index (χ1) is 9.72. The number of hydrogen-bond donors (Lipinski definition) is 1. The molecule has 0 aliphatic rings. The van der Waals surface area contributed by atoms with Crippen LogP contribution < -0.4 is 5.73 Å². The lowest BCUT2D eigenvalue weighted by Crippen LogP contribution is -2.41. The molecule has 2 N–H and O–H groups in total. The number of anilines is 1. The van der Waals surface area contributed by atoms with E-state index in [1.165, 1.54) is 6.33 Å². The molecule has 0 amide bonds. The van der Waals surface area contributed by atoms with Crippen LogP contribution in [0, 0.1) is 0 Å². The van der Waals surface area contributed by atoms with Crippen molar-refractivity contribution in [3.63, 3.8) is 0 Å². The van der Waals surface area contributed by atoms with Gasteiger partial charge >= 0.3 is 0 Å². The van der Waals surface area contributed by atoms with Crippen molar-refractivity contribution in [3.8, 4) is 0 Å². The average Bonchev–Trinajstić information content (AvgIpc) is 2.78. The van der Waals surface area contributed by atoms with E-state index in [0.717, 1.165) is 30.6 Å². The Morgan fingerprint density at radius 2 is 2.00 bits per heavy atom. The molecule has 2 aromatic heterocycles. The largest absolute Gasteiger partial charge is 0.417 e. The zero-order valence-corrected chi connectivity index (χ0v) is 14.6. The summed E-state index contributed by atoms with van der Waals surface area (Å²) in [5, 5.41) is 5.38. The molecule has 2 aromatic rings. The van der Waals surface area contributed by atoms with Gasteiger partial charge in [-0.25, -0.2) is 14.6 Å². The molecule has 0 saturated heterocycles. The molecule has 0 unspecified atom stereocenters. The zero-order valence-electron chi connectivity index (χ0n) is 13.6. The van der Waals surface area contributed by atoms with Crippen molar-refractivity contribution in [2.24, 2.45) is 0 Å². The van der Waals surface area contributed by atoms with Crippen molar-refractivity contribution in [1.29, 1.82) is 0 Å². The maximum Gasteiger partial charge on any atom is 0.191 e. The highest BCUT2D eigenvalue weighted by Crippen LogP contribution is 2.36. The molecule has 21 heavy (non-hydrogen) atoms. The molecule has 7 heteroatoms. The highest BCUT2D eigenvalue weighted by Gasteiger charge is 2.36. The van der Waals surface area contributed by atoms with Gasteiger partial charge in [-0.2, -0.15) is 5.10 Å². The number of rotatable bonds is 5. The van der Waals surface area contributed by atoms with Crippen molar-refractivity contribution in [2.45, 2.75) is 51.9 Å². The minimum Gasteiger partial charge on any atom is -0.417 e. The molecule has 0 spiro atoms. The first-order valence-electron chi connectivity index (χ1n) is 7.28. The summed E-state index contributed by atoms with van der Waals surface area (Å²) in [6.45, 7) is 12.8. The Labute approximate surface area is 126 Å². The molecule has 6 nitrogen and oxygen atoms in total. The standard InChI is InChI=1S/C14H25N5OSi/c1-14(2,3)21(4,5)20-8-6-7-19-13-11(9-18-19)12(15)16-10-17-13/h9-10H,6-8H2,1-5H3,(H2,15,16,17). The first kappa shape index (κ1) is 15.9. The summed E-state index contributed by atoms with van der Waals surface area (Å²) in [7, 11) is -1.66. The first-order valence-corrected chi connectivity index (χ1v) is 10.2. The number of fused-ring (bicyclic) bond motifs is 1. The second kappa shape index (κ2) is 5.73. The zero-order chi connectivity index (χ0) is 15.7. The summed E-state index contributed by atoms with van der Waals surface area (Å²) in [6.07, 6.45) is 4.11. The van der Waals surface area contributed by atoms with Crippen LogP contribution in [0.5, 0.6) is 0 Å². The molecule has 0 aromatic carbocycles. The topological polar surface area (TPSA) is 78.9 Å². The summed E-state index contributed by atoms with van der Waals surface area (Å²) >= 11 is 0. The molecule has 0 saturated carbocycles. The van der Waals surface area contributed by atoms with Gasteiger partial charge in [0, 0.05) is 13.2 Å². The monoisotopic (exact) mass is 307 g/mol. The van der Waals surface area contributed by atoms with E-state index < -0.39 is 8.32 Å². The maximum atomic E-state index is 6.17. The number of nitrogens with zero attached hydrogens (tertiary/aromatic N) is 4. The highest BCUT2D eigenvalue weighted by molar-refractivity contribution is 6.74. The molecule has 0 atom stereocenters. The Kier molecular flexibility index (Phi) is 4.34. The fraction of sp³-hybridized carbons (Fsp3) is 0.643. The Morgan fingerprint density at radius 3 is 2.67 bits per heavy atom. The van der Waals surface area contributed by atoms with Crippen LogP contribution in [-0.2, 0) is 11.0 Å². The molecule has 0 aliphatic carbocycles. The maximum absolute atomic E-state index is 6.17. The van der Waals surface area contributed by atoms with Crippen LogP contribution in [0.1, 0.15) is 27.2 Å². The normalized spacial score (nSPS) is 13.0. The van der Waals surface area contributed by atoms with Gasteiger partial charge in [-0.1, -0.05) is 20.8 Å². The van der Waals surface area contributed by atoms with Crippen LogP contribution >= 0.6 is 0 Å². The summed E-state index contributed by atoms with van der Waals surface area (Å²) in [5.74, 6) is 0.476. The fourth-order valence-corrected chi connectivity index (χ4v) is 2.92. The second-order valence-electron chi connectivity index (χ2n) is 6.83. The molecule has 0 fully saturated rings. The van der Waals surface area contributed by atoms with Gasteiger partial charge in [0.15, 0.2) is 14.0 Å². The SMILES string of the molecule is CC(C)(C)[Si](C)(C)OCCCn1ncc2c(N)ncnc21. The van der Waals surface area contributed by atoms with E-state index in [1.54, 1.807) is 6.20 Å². The van der Waals surface area contributed by atoms with Crippen LogP contribution in [0.3, 0.4) is 0 Å². The number of aryl methyl sites for hydroxylation is 1. The molecule has 2 heterocycles. The van der Waals surface area contributed by atoms with Gasteiger partial charge in [0.1, 0.15) is 12.1 Å². The van der Waals surface area contributed by atoms with Crippen molar-refractivity contribution in [1.82, 2.24) is 19.7 Å². The third-order valence-corrected chi connectivity index (χ3v) is 8.79. The van der Waals surface area contributed by atoms with Crippen molar-refractivity contribution < 1.29 is 4.43 Å². The Bertz CT molecular complexity index is 617. The van der Waals surface area contributed by atoms with E-state index in [0.29, 0.717) is 5.82 Å². The smallest absolute Gasteiger partial charge is 0.191 e. The van der Waals surface area contributed by atoms with Crippen molar-refractivity contribution >= 4 is 25.2 Å². The number of nitrogen functional groups attached to an aromatic ring is 1. The third kappa shape index (κ3) is 3.41. The fourth-order valence-electron chi connectivity index (χ4n) is 1.83. The summed E-state index contributed by atoms with van der Waals surface area (Å²) < 4.78 is 8.03. The van der Waals surface area contributed by atoms with Crippen molar-refractivity contribution in [2.75, 3.05) is 12.3 Å². The lowest BCUT2D eigenvalue weighted by molar-refractivity contribution is 0.273. The average molecular weight is 307 g/mol. The van der Waals surface area contributed by atoms with E-state index >= 15 is 0 Å². The van der Waals surface area contributed by atoms with Crippen LogP contribution in [0.4, 0.5) is 5.82 Å². The molecular weight excluding hydrogens is 282 g/mol. The molecule has 0 radical (unpaired) electrons. The van der Waals surface area contributed by atoms with Gasteiger partial charge < -0.3 is 10.2 Å². The van der Waals surface area contributed by atoms with Gasteiger partial charge in [-0.15, -0.1) is 0 Å². The van der Waals surface area contributed by atoms with Crippen LogP contribution in [0.25, 0.3) is 11.0 Å². The molecule has 116 valence electrons. The van der Waals surface area contributed by atoms with E-state index in [4.69, 9.17) is 10.2 Å². The lowest BCUT2D eigenvalue weighted by atomic mass is 10.2. The predicted octanol–water partition coefficient (Wildman–Crippen LogP) is 2.82. The summed E-state index contributed by atoms with van der Waals surface area (Å²) in [4.78, 5) is 8.22.